The number of amides is 2. The number of halogens is 3. The molecule has 11 nitrogen and oxygen atoms in total. The van der Waals surface area contributed by atoms with Gasteiger partial charge in [0.25, 0.3) is 5.91 Å². The number of nitrogens with two attached hydrogens (primary N) is 1. The molecule has 0 unspecified atom stereocenters. The largest absolute Gasteiger partial charge is 0.434 e. The Morgan fingerprint density at radius 3 is 2.57 bits per heavy atom. The average molecular weight is 602 g/mol. The highest BCUT2D eigenvalue weighted by molar-refractivity contribution is 6.31. The number of anilines is 1. The molecule has 3 heterocycles. The van der Waals surface area contributed by atoms with E-state index in [4.69, 9.17) is 17.3 Å². The Hall–Kier alpha value is -4.49. The Balaban J connectivity index is 1.62. The van der Waals surface area contributed by atoms with Crippen LogP contribution in [0.25, 0.3) is 11.3 Å². The zero-order chi connectivity index (χ0) is 30.4. The van der Waals surface area contributed by atoms with E-state index in [0.29, 0.717) is 25.9 Å². The number of nitrogens with one attached hydrogen (secondary N) is 2. The molecule has 0 aliphatic carbocycles. The summed E-state index contributed by atoms with van der Waals surface area (Å²) in [5.41, 5.74) is 5.73. The van der Waals surface area contributed by atoms with Crippen LogP contribution in [0.4, 0.5) is 14.5 Å². The molecule has 5 N–H and O–H groups in total. The molecule has 0 saturated carbocycles. The lowest BCUT2D eigenvalue weighted by atomic mass is 9.85. The number of carbonyl (C=O) groups excluding carboxylic acids is 2. The summed E-state index contributed by atoms with van der Waals surface area (Å²) in [5.74, 6) is -1.14. The third kappa shape index (κ3) is 6.86. The molecule has 2 aromatic heterocycles. The topological polar surface area (TPSA) is 148 Å². The van der Waals surface area contributed by atoms with Gasteiger partial charge in [0, 0.05) is 49.3 Å². The molecule has 222 valence electrons. The fourth-order valence-electron chi connectivity index (χ4n) is 4.64. The van der Waals surface area contributed by atoms with Gasteiger partial charge in [0.1, 0.15) is 23.8 Å². The number of aromatic nitrogens is 3. The quantitative estimate of drug-likeness (QED) is 0.205. The number of carbonyl (C=O) groups is 2. The second-order valence-electron chi connectivity index (χ2n) is 9.49. The SMILES string of the molecule is C=C/C(C(=O)Nc1cn(CC(=O)N2CCC(O)(c3ccncc3)CC2)nc1-c1cc(Cl)ccc1OC(F)F)=C(\N)NC. The van der Waals surface area contributed by atoms with Gasteiger partial charge in [-0.05, 0) is 48.7 Å². The number of likely N-dealkylation sites (tertiary alicyclic amines) is 1. The fraction of sp³-hybridized carbons (Fsp3) is 0.286. The van der Waals surface area contributed by atoms with Gasteiger partial charge < -0.3 is 31.1 Å². The highest BCUT2D eigenvalue weighted by atomic mass is 35.5. The van der Waals surface area contributed by atoms with Gasteiger partial charge in [-0.1, -0.05) is 24.3 Å². The summed E-state index contributed by atoms with van der Waals surface area (Å²) in [6.07, 6.45) is 6.52. The summed E-state index contributed by atoms with van der Waals surface area (Å²) in [4.78, 5) is 31.9. The fourth-order valence-corrected chi connectivity index (χ4v) is 4.82. The Kier molecular flexibility index (Phi) is 9.43. The van der Waals surface area contributed by atoms with Gasteiger partial charge in [0.15, 0.2) is 0 Å². The minimum Gasteiger partial charge on any atom is -0.434 e. The van der Waals surface area contributed by atoms with Gasteiger partial charge in [0.2, 0.25) is 5.91 Å². The molecule has 0 spiro atoms. The second-order valence-corrected chi connectivity index (χ2v) is 9.93. The Morgan fingerprint density at radius 2 is 1.95 bits per heavy atom. The first-order valence-corrected chi connectivity index (χ1v) is 13.3. The number of alkyl halides is 2. The van der Waals surface area contributed by atoms with Crippen LogP contribution in [0.1, 0.15) is 18.4 Å². The van der Waals surface area contributed by atoms with Crippen LogP contribution in [0, 0.1) is 0 Å². The van der Waals surface area contributed by atoms with Crippen molar-refractivity contribution in [2.24, 2.45) is 5.73 Å². The molecule has 4 rings (SSSR count). The Labute approximate surface area is 245 Å². The zero-order valence-electron chi connectivity index (χ0n) is 22.7. The van der Waals surface area contributed by atoms with Gasteiger partial charge in [-0.25, -0.2) is 0 Å². The predicted octanol–water partition coefficient (Wildman–Crippen LogP) is 3.22. The number of pyridine rings is 1. The van der Waals surface area contributed by atoms with Crippen molar-refractivity contribution >= 4 is 29.1 Å². The lowest BCUT2D eigenvalue weighted by molar-refractivity contribution is -0.136. The van der Waals surface area contributed by atoms with Crippen LogP contribution in [0.15, 0.2) is 73.0 Å². The van der Waals surface area contributed by atoms with E-state index in [0.717, 1.165) is 5.56 Å². The number of nitrogens with zero attached hydrogens (tertiary/aromatic N) is 4. The number of hydrogen-bond donors (Lipinski definition) is 4. The van der Waals surface area contributed by atoms with Crippen LogP contribution in [0.3, 0.4) is 0 Å². The molecule has 1 aliphatic heterocycles. The molecule has 1 aliphatic rings. The molecular weight excluding hydrogens is 572 g/mol. The average Bonchev–Trinajstić information content (AvgIpc) is 3.36. The van der Waals surface area contributed by atoms with Gasteiger partial charge in [0.05, 0.1) is 16.9 Å². The molecule has 1 saturated heterocycles. The van der Waals surface area contributed by atoms with Crippen molar-refractivity contribution in [1.82, 2.24) is 25.0 Å². The molecule has 0 radical (unpaired) electrons. The van der Waals surface area contributed by atoms with Gasteiger partial charge in [-0.2, -0.15) is 13.9 Å². The number of benzene rings is 1. The summed E-state index contributed by atoms with van der Waals surface area (Å²) in [6.45, 7) is 0.835. The van der Waals surface area contributed by atoms with E-state index >= 15 is 0 Å². The highest BCUT2D eigenvalue weighted by Gasteiger charge is 2.35. The van der Waals surface area contributed by atoms with Crippen molar-refractivity contribution in [3.05, 3.63) is 83.6 Å². The molecule has 42 heavy (non-hydrogen) atoms. The van der Waals surface area contributed by atoms with Crippen molar-refractivity contribution in [3.8, 4) is 17.0 Å². The van der Waals surface area contributed by atoms with E-state index in [9.17, 15) is 23.5 Å². The monoisotopic (exact) mass is 601 g/mol. The number of ether oxygens (including phenoxy) is 1. The second kappa shape index (κ2) is 13.0. The Bertz CT molecular complexity index is 1490. The van der Waals surface area contributed by atoms with E-state index in [1.54, 1.807) is 29.4 Å². The van der Waals surface area contributed by atoms with Crippen molar-refractivity contribution in [1.29, 1.82) is 0 Å². The van der Waals surface area contributed by atoms with E-state index in [1.807, 2.05) is 0 Å². The molecule has 14 heteroatoms. The first kappa shape index (κ1) is 30.5. The minimum atomic E-state index is -3.14. The zero-order valence-corrected chi connectivity index (χ0v) is 23.4. The van der Waals surface area contributed by atoms with Crippen molar-refractivity contribution in [2.75, 3.05) is 25.5 Å². The van der Waals surface area contributed by atoms with Crippen LogP contribution in [0.5, 0.6) is 5.75 Å². The standard InChI is InChI=1S/C28H30ClF2N7O4/c1-3-19(25(32)33-2)26(40)35-21-15-38(36-24(21)20-14-18(29)4-5-22(20)42-27(30)31)16-23(39)37-12-8-28(41,9-13-37)17-6-10-34-11-7-17/h3-7,10-11,14-15,27,33,41H,1,8-9,12-13,16,32H2,2H3,(H,35,40)/b25-19-. The van der Waals surface area contributed by atoms with Crippen molar-refractivity contribution in [2.45, 2.75) is 31.6 Å². The van der Waals surface area contributed by atoms with Crippen LogP contribution >= 0.6 is 11.6 Å². The van der Waals surface area contributed by atoms with Crippen LogP contribution in [0.2, 0.25) is 5.02 Å². The summed E-state index contributed by atoms with van der Waals surface area (Å²) in [5, 5.41) is 21.0. The first-order chi connectivity index (χ1) is 20.0. The molecule has 2 amide bonds. The van der Waals surface area contributed by atoms with Gasteiger partial charge in [-0.3, -0.25) is 19.3 Å². The van der Waals surface area contributed by atoms with E-state index in [1.165, 1.54) is 42.2 Å². The van der Waals surface area contributed by atoms with E-state index in [2.05, 4.69) is 32.0 Å². The molecule has 1 aromatic carbocycles. The summed E-state index contributed by atoms with van der Waals surface area (Å²) < 4.78 is 32.3. The van der Waals surface area contributed by atoms with E-state index < -0.39 is 18.1 Å². The van der Waals surface area contributed by atoms with Gasteiger partial charge >= 0.3 is 6.61 Å². The summed E-state index contributed by atoms with van der Waals surface area (Å²) in [7, 11) is 1.53. The normalized spacial score (nSPS) is 15.1. The lowest BCUT2D eigenvalue weighted by Crippen LogP contribution is -2.46. The summed E-state index contributed by atoms with van der Waals surface area (Å²) in [6, 6.07) is 7.48. The maximum absolute atomic E-state index is 13.2. The van der Waals surface area contributed by atoms with Crippen molar-refractivity contribution < 1.29 is 28.2 Å². The smallest absolute Gasteiger partial charge is 0.387 e. The lowest BCUT2D eigenvalue weighted by Gasteiger charge is -2.38. The third-order valence-corrected chi connectivity index (χ3v) is 7.12. The molecule has 0 bridgehead atoms. The van der Waals surface area contributed by atoms with Crippen molar-refractivity contribution in [3.63, 3.8) is 0 Å². The number of piperidine rings is 1. The number of hydrogen-bond acceptors (Lipinski definition) is 8. The Morgan fingerprint density at radius 1 is 1.26 bits per heavy atom. The van der Waals surface area contributed by atoms with Crippen LogP contribution in [-0.4, -0.2) is 63.3 Å². The van der Waals surface area contributed by atoms with E-state index in [-0.39, 0.29) is 51.6 Å². The molecule has 1 fully saturated rings. The number of rotatable bonds is 10. The number of aliphatic hydroxyl groups is 1. The summed E-state index contributed by atoms with van der Waals surface area (Å²) >= 11 is 6.16. The van der Waals surface area contributed by atoms with Crippen LogP contribution < -0.4 is 21.1 Å². The molecule has 0 atom stereocenters. The first-order valence-electron chi connectivity index (χ1n) is 12.9. The highest BCUT2D eigenvalue weighted by Crippen LogP contribution is 2.37. The van der Waals surface area contributed by atoms with Crippen LogP contribution in [-0.2, 0) is 21.7 Å². The third-order valence-electron chi connectivity index (χ3n) is 6.89. The minimum absolute atomic E-state index is 0.0254. The predicted molar refractivity (Wildman–Crippen MR) is 152 cm³/mol. The molecule has 3 aromatic rings. The van der Waals surface area contributed by atoms with Gasteiger partial charge in [-0.15, -0.1) is 0 Å². The maximum Gasteiger partial charge on any atom is 0.387 e. The molecular formula is C28H30ClF2N7O4. The maximum atomic E-state index is 13.2.